The van der Waals surface area contributed by atoms with E-state index in [0.29, 0.717) is 24.8 Å². The molecular weight excluding hydrogens is 324 g/mol. The molecule has 1 saturated carbocycles. The average molecular weight is 348 g/mol. The van der Waals surface area contributed by atoms with E-state index in [2.05, 4.69) is 31.9 Å². The van der Waals surface area contributed by atoms with Gasteiger partial charge in [0.15, 0.2) is 5.16 Å². The van der Waals surface area contributed by atoms with Crippen LogP contribution in [-0.4, -0.2) is 46.1 Å². The van der Waals surface area contributed by atoms with Gasteiger partial charge in [-0.05, 0) is 31.6 Å². The van der Waals surface area contributed by atoms with Crippen LogP contribution in [0, 0.1) is 17.2 Å². The fraction of sp³-hybridized carbons (Fsp3) is 0.750. The molecule has 1 aliphatic heterocycles. The quantitative estimate of drug-likeness (QED) is 0.599. The fourth-order valence-electron chi connectivity index (χ4n) is 2.88. The van der Waals surface area contributed by atoms with Gasteiger partial charge in [0.1, 0.15) is 0 Å². The van der Waals surface area contributed by atoms with Crippen LogP contribution in [0.15, 0.2) is 5.16 Å². The molecule has 2 fully saturated rings. The van der Waals surface area contributed by atoms with E-state index in [1.807, 2.05) is 6.07 Å². The van der Waals surface area contributed by atoms with E-state index >= 15 is 0 Å². The Hall–Kier alpha value is -1.75. The molecule has 1 aliphatic carbocycles. The van der Waals surface area contributed by atoms with Crippen LogP contribution in [0.25, 0.3) is 0 Å². The maximum atomic E-state index is 11.8. The van der Waals surface area contributed by atoms with E-state index in [4.69, 9.17) is 5.26 Å². The molecule has 0 radical (unpaired) electrons. The molecule has 8 heteroatoms. The number of nitrogens with one attached hydrogen (secondary N) is 1. The lowest BCUT2D eigenvalue weighted by Gasteiger charge is -2.31. The summed E-state index contributed by atoms with van der Waals surface area (Å²) in [5.41, 5.74) is 0. The molecule has 1 aromatic heterocycles. The number of thioether (sulfide) groups is 1. The summed E-state index contributed by atoms with van der Waals surface area (Å²) in [6, 6.07) is 2.50. The second kappa shape index (κ2) is 7.88. The van der Waals surface area contributed by atoms with Crippen molar-refractivity contribution in [1.29, 1.82) is 5.26 Å². The van der Waals surface area contributed by atoms with Gasteiger partial charge in [0.05, 0.1) is 18.2 Å². The molecule has 130 valence electrons. The van der Waals surface area contributed by atoms with Crippen LogP contribution in [0.2, 0.25) is 0 Å². The monoisotopic (exact) mass is 348 g/mol. The molecule has 1 N–H and O–H groups in total. The Bertz CT molecular complexity index is 613. The molecule has 0 aromatic carbocycles. The van der Waals surface area contributed by atoms with Crippen LogP contribution >= 0.6 is 11.8 Å². The summed E-state index contributed by atoms with van der Waals surface area (Å²) in [4.78, 5) is 14.2. The summed E-state index contributed by atoms with van der Waals surface area (Å²) in [7, 11) is 0. The molecule has 0 atom stereocenters. The van der Waals surface area contributed by atoms with Crippen LogP contribution in [0.4, 0.5) is 5.95 Å². The van der Waals surface area contributed by atoms with Crippen molar-refractivity contribution in [2.75, 3.05) is 30.3 Å². The van der Waals surface area contributed by atoms with Crippen LogP contribution < -0.4 is 10.2 Å². The van der Waals surface area contributed by atoms with E-state index in [0.717, 1.165) is 43.0 Å². The molecule has 0 bridgehead atoms. The number of anilines is 1. The highest BCUT2D eigenvalue weighted by atomic mass is 32.2. The van der Waals surface area contributed by atoms with Gasteiger partial charge >= 0.3 is 0 Å². The molecule has 3 rings (SSSR count). The second-order valence-corrected chi connectivity index (χ2v) is 7.54. The van der Waals surface area contributed by atoms with Gasteiger partial charge in [0, 0.05) is 25.7 Å². The number of nitrogens with zero attached hydrogens (tertiary/aromatic N) is 5. The highest BCUT2D eigenvalue weighted by molar-refractivity contribution is 7.99. The van der Waals surface area contributed by atoms with Crippen molar-refractivity contribution in [3.8, 4) is 6.07 Å². The SMILES string of the molecule is CC1CCN(c2nnc(SCC(=O)NCCC#N)n2C2CC2)CC1. The minimum atomic E-state index is -0.0612. The van der Waals surface area contributed by atoms with Crippen LogP contribution in [0.5, 0.6) is 0 Å². The lowest BCUT2D eigenvalue weighted by atomic mass is 10.00. The molecule has 2 aliphatic rings. The number of aromatic nitrogens is 3. The van der Waals surface area contributed by atoms with Crippen LogP contribution in [0.3, 0.4) is 0 Å². The largest absolute Gasteiger partial charge is 0.354 e. The van der Waals surface area contributed by atoms with Gasteiger partial charge in [-0.1, -0.05) is 18.7 Å². The first-order valence-electron chi connectivity index (χ1n) is 8.65. The zero-order chi connectivity index (χ0) is 16.9. The van der Waals surface area contributed by atoms with Gasteiger partial charge in [0.25, 0.3) is 0 Å². The Kier molecular flexibility index (Phi) is 5.61. The van der Waals surface area contributed by atoms with Crippen molar-refractivity contribution in [3.05, 3.63) is 0 Å². The number of carbonyl (C=O) groups is 1. The van der Waals surface area contributed by atoms with Crippen molar-refractivity contribution in [2.24, 2.45) is 5.92 Å². The summed E-state index contributed by atoms with van der Waals surface area (Å²) < 4.78 is 2.23. The van der Waals surface area contributed by atoms with Gasteiger partial charge in [-0.25, -0.2) is 0 Å². The molecule has 2 heterocycles. The summed E-state index contributed by atoms with van der Waals surface area (Å²) in [6.07, 6.45) is 5.06. The van der Waals surface area contributed by atoms with Crippen molar-refractivity contribution in [1.82, 2.24) is 20.1 Å². The number of hydrogen-bond acceptors (Lipinski definition) is 6. The van der Waals surface area contributed by atoms with Gasteiger partial charge in [-0.3, -0.25) is 9.36 Å². The van der Waals surface area contributed by atoms with E-state index in [9.17, 15) is 4.79 Å². The van der Waals surface area contributed by atoms with Gasteiger partial charge in [0.2, 0.25) is 11.9 Å². The smallest absolute Gasteiger partial charge is 0.230 e. The Labute approximate surface area is 146 Å². The topological polar surface area (TPSA) is 86.8 Å². The Morgan fingerprint density at radius 2 is 2.08 bits per heavy atom. The van der Waals surface area contributed by atoms with E-state index < -0.39 is 0 Å². The first-order valence-corrected chi connectivity index (χ1v) is 9.64. The van der Waals surface area contributed by atoms with Gasteiger partial charge in [-0.15, -0.1) is 10.2 Å². The molecular formula is C16H24N6OS. The standard InChI is InChI=1S/C16H24N6OS/c1-12-5-9-21(10-6-12)15-19-20-16(22(15)13-3-4-13)24-11-14(23)18-8-2-7-17/h12-13H,2-6,8-11H2,1H3,(H,18,23). The Balaban J connectivity index is 1.62. The maximum Gasteiger partial charge on any atom is 0.230 e. The first kappa shape index (κ1) is 17.1. The van der Waals surface area contributed by atoms with Crippen molar-refractivity contribution < 1.29 is 4.79 Å². The van der Waals surface area contributed by atoms with Gasteiger partial charge < -0.3 is 10.2 Å². The molecule has 0 spiro atoms. The number of amides is 1. The summed E-state index contributed by atoms with van der Waals surface area (Å²) >= 11 is 1.43. The number of rotatable bonds is 7. The highest BCUT2D eigenvalue weighted by Crippen LogP contribution is 2.41. The number of nitriles is 1. The highest BCUT2D eigenvalue weighted by Gasteiger charge is 2.32. The van der Waals surface area contributed by atoms with Crippen LogP contribution in [0.1, 0.15) is 45.1 Å². The summed E-state index contributed by atoms with van der Waals surface area (Å²) in [5, 5.41) is 20.8. The zero-order valence-corrected chi connectivity index (χ0v) is 14.9. The fourth-order valence-corrected chi connectivity index (χ4v) is 3.71. The van der Waals surface area contributed by atoms with Crippen LogP contribution in [-0.2, 0) is 4.79 Å². The van der Waals surface area contributed by atoms with Crippen molar-refractivity contribution >= 4 is 23.6 Å². The predicted octanol–water partition coefficient (Wildman–Crippen LogP) is 1.97. The summed E-state index contributed by atoms with van der Waals surface area (Å²) in [5.74, 6) is 2.00. The zero-order valence-electron chi connectivity index (χ0n) is 14.1. The lowest BCUT2D eigenvalue weighted by molar-refractivity contribution is -0.118. The predicted molar refractivity (Wildman–Crippen MR) is 92.9 cm³/mol. The van der Waals surface area contributed by atoms with E-state index in [-0.39, 0.29) is 5.91 Å². The Morgan fingerprint density at radius 3 is 2.75 bits per heavy atom. The second-order valence-electron chi connectivity index (χ2n) is 6.60. The molecule has 1 aromatic rings. The third-order valence-corrected chi connectivity index (χ3v) is 5.46. The average Bonchev–Trinajstić information content (AvgIpc) is 3.33. The maximum absolute atomic E-state index is 11.8. The van der Waals surface area contributed by atoms with Gasteiger partial charge in [-0.2, -0.15) is 5.26 Å². The first-order chi connectivity index (χ1) is 11.7. The number of hydrogen-bond donors (Lipinski definition) is 1. The minimum Gasteiger partial charge on any atom is -0.354 e. The molecule has 1 amide bonds. The van der Waals surface area contributed by atoms with Crippen molar-refractivity contribution in [3.63, 3.8) is 0 Å². The molecule has 1 saturated heterocycles. The number of piperidine rings is 1. The summed E-state index contributed by atoms with van der Waals surface area (Å²) in [6.45, 7) is 4.77. The number of carbonyl (C=O) groups excluding carboxylic acids is 1. The van der Waals surface area contributed by atoms with Crippen molar-refractivity contribution in [2.45, 2.75) is 50.2 Å². The minimum absolute atomic E-state index is 0.0612. The molecule has 24 heavy (non-hydrogen) atoms. The Morgan fingerprint density at radius 1 is 1.33 bits per heavy atom. The third kappa shape index (κ3) is 4.20. The van der Waals surface area contributed by atoms with E-state index in [1.54, 1.807) is 0 Å². The normalized spacial score (nSPS) is 18.4. The van der Waals surface area contributed by atoms with E-state index in [1.165, 1.54) is 24.6 Å². The third-order valence-electron chi connectivity index (χ3n) is 4.52. The molecule has 0 unspecified atom stereocenters. The molecule has 7 nitrogen and oxygen atoms in total. The lowest BCUT2D eigenvalue weighted by Crippen LogP contribution is -2.34.